The largest absolute Gasteiger partial charge is 0.464 e. The fourth-order valence-corrected chi connectivity index (χ4v) is 1.84. The van der Waals surface area contributed by atoms with Gasteiger partial charge in [-0.25, -0.2) is 4.79 Å². The molecule has 1 atom stereocenters. The van der Waals surface area contributed by atoms with Crippen molar-refractivity contribution in [3.05, 3.63) is 40.3 Å². The summed E-state index contributed by atoms with van der Waals surface area (Å²) >= 11 is 0. The second-order valence-electron chi connectivity index (χ2n) is 4.74. The van der Waals surface area contributed by atoms with E-state index in [0.29, 0.717) is 37.1 Å². The molecule has 0 radical (unpaired) electrons. The smallest absolute Gasteiger partial charge is 0.339 e. The number of nitrogens with one attached hydrogen (secondary N) is 1. The molecular weight excluding hydrogens is 300 g/mol. The van der Waals surface area contributed by atoms with Crippen LogP contribution in [0.15, 0.2) is 29.4 Å². The van der Waals surface area contributed by atoms with Crippen LogP contribution in [0.5, 0.6) is 0 Å². The van der Waals surface area contributed by atoms with Crippen molar-refractivity contribution >= 4 is 17.6 Å². The Balaban J connectivity index is 2.45. The lowest BCUT2D eigenvalue weighted by Gasteiger charge is -2.11. The molecule has 0 saturated heterocycles. The first-order valence-corrected chi connectivity index (χ1v) is 7.33. The Kier molecular flexibility index (Phi) is 8.20. The average molecular weight is 320 g/mol. The number of aliphatic hydroxyl groups excluding tert-OH is 1. The maximum absolute atomic E-state index is 11.7. The van der Waals surface area contributed by atoms with Crippen LogP contribution >= 0.6 is 0 Å². The van der Waals surface area contributed by atoms with E-state index < -0.39 is 12.1 Å². The molecule has 0 aromatic heterocycles. The molecule has 1 aromatic carbocycles. The van der Waals surface area contributed by atoms with Crippen molar-refractivity contribution in [2.24, 2.45) is 5.11 Å². The molecule has 8 heteroatoms. The molecule has 1 aromatic rings. The Labute approximate surface area is 134 Å². The van der Waals surface area contributed by atoms with Gasteiger partial charge < -0.3 is 15.2 Å². The van der Waals surface area contributed by atoms with Gasteiger partial charge in [-0.05, 0) is 43.0 Å². The molecular formula is C15H20N4O4. The molecule has 2 N–H and O–H groups in total. The number of benzene rings is 1. The van der Waals surface area contributed by atoms with Crippen molar-refractivity contribution in [1.29, 1.82) is 0 Å². The van der Waals surface area contributed by atoms with Gasteiger partial charge in [-0.15, -0.1) is 0 Å². The van der Waals surface area contributed by atoms with Gasteiger partial charge in [-0.3, -0.25) is 4.79 Å². The van der Waals surface area contributed by atoms with Gasteiger partial charge in [0.2, 0.25) is 5.91 Å². The number of carbonyl (C=O) groups excluding carboxylic acids is 2. The number of hydrogen-bond donors (Lipinski definition) is 2. The Morgan fingerprint density at radius 2 is 2.04 bits per heavy atom. The fourth-order valence-electron chi connectivity index (χ4n) is 1.84. The molecule has 1 amide bonds. The van der Waals surface area contributed by atoms with Crippen LogP contribution < -0.4 is 5.32 Å². The van der Waals surface area contributed by atoms with Crippen molar-refractivity contribution in [3.8, 4) is 0 Å². The van der Waals surface area contributed by atoms with Crippen LogP contribution in [-0.4, -0.2) is 30.1 Å². The van der Waals surface area contributed by atoms with Gasteiger partial charge in [0.1, 0.15) is 0 Å². The molecule has 0 heterocycles. The summed E-state index contributed by atoms with van der Waals surface area (Å²) in [6, 6.07) is 6.32. The number of azide groups is 1. The number of amides is 1. The number of aliphatic hydroxyl groups is 1. The normalized spacial score (nSPS) is 11.2. The first-order chi connectivity index (χ1) is 11.1. The van der Waals surface area contributed by atoms with Crippen LogP contribution in [0.2, 0.25) is 0 Å². The van der Waals surface area contributed by atoms with E-state index in [0.717, 1.165) is 0 Å². The van der Waals surface area contributed by atoms with E-state index in [9.17, 15) is 14.7 Å². The zero-order chi connectivity index (χ0) is 17.1. The second kappa shape index (κ2) is 10.2. The summed E-state index contributed by atoms with van der Waals surface area (Å²) in [5, 5.41) is 15.9. The van der Waals surface area contributed by atoms with Crippen molar-refractivity contribution in [1.82, 2.24) is 0 Å². The molecule has 0 aliphatic heterocycles. The van der Waals surface area contributed by atoms with Gasteiger partial charge in [0.15, 0.2) is 6.10 Å². The quantitative estimate of drug-likeness (QED) is 0.238. The lowest BCUT2D eigenvalue weighted by molar-refractivity contribution is -0.153. The Morgan fingerprint density at radius 1 is 1.35 bits per heavy atom. The molecule has 0 aliphatic carbocycles. The molecule has 1 rings (SSSR count). The number of unbranched alkanes of at least 4 members (excludes halogenated alkanes) is 1. The molecule has 0 aliphatic rings. The average Bonchev–Trinajstić information content (AvgIpc) is 2.55. The summed E-state index contributed by atoms with van der Waals surface area (Å²) < 4.78 is 4.74. The van der Waals surface area contributed by atoms with Gasteiger partial charge >= 0.3 is 5.97 Å². The number of hydrogen-bond acceptors (Lipinski definition) is 5. The van der Waals surface area contributed by atoms with Crippen LogP contribution in [0.25, 0.3) is 10.4 Å². The van der Waals surface area contributed by atoms with Crippen LogP contribution in [0.3, 0.4) is 0 Å². The lowest BCUT2D eigenvalue weighted by atomic mass is 10.1. The predicted octanol–water partition coefficient (Wildman–Crippen LogP) is 2.70. The predicted molar refractivity (Wildman–Crippen MR) is 84.5 cm³/mol. The topological polar surface area (TPSA) is 124 Å². The number of anilines is 1. The molecule has 124 valence electrons. The Morgan fingerprint density at radius 3 is 2.65 bits per heavy atom. The van der Waals surface area contributed by atoms with E-state index in [1.165, 1.54) is 0 Å². The zero-order valence-corrected chi connectivity index (χ0v) is 12.9. The molecule has 0 fully saturated rings. The summed E-state index contributed by atoms with van der Waals surface area (Å²) in [7, 11) is 0. The van der Waals surface area contributed by atoms with Crippen LogP contribution in [0, 0.1) is 0 Å². The van der Waals surface area contributed by atoms with Crippen LogP contribution in [-0.2, 0) is 14.3 Å². The summed E-state index contributed by atoms with van der Waals surface area (Å²) in [5.74, 6) is -0.853. The van der Waals surface area contributed by atoms with E-state index >= 15 is 0 Å². The fraction of sp³-hybridized carbons (Fsp3) is 0.467. The lowest BCUT2D eigenvalue weighted by Crippen LogP contribution is -2.15. The van der Waals surface area contributed by atoms with Gasteiger partial charge in [0.25, 0.3) is 0 Å². The number of rotatable bonds is 9. The van der Waals surface area contributed by atoms with Crippen LogP contribution in [0.4, 0.5) is 5.69 Å². The maximum Gasteiger partial charge on any atom is 0.339 e. The van der Waals surface area contributed by atoms with Gasteiger partial charge in [-0.2, -0.15) is 0 Å². The van der Waals surface area contributed by atoms with E-state index in [1.54, 1.807) is 31.2 Å². The highest BCUT2D eigenvalue weighted by molar-refractivity contribution is 5.90. The molecule has 0 bridgehead atoms. The second-order valence-corrected chi connectivity index (χ2v) is 4.74. The van der Waals surface area contributed by atoms with E-state index in [4.69, 9.17) is 10.3 Å². The van der Waals surface area contributed by atoms with Gasteiger partial charge in [0, 0.05) is 23.6 Å². The van der Waals surface area contributed by atoms with E-state index in [-0.39, 0.29) is 12.5 Å². The molecule has 0 spiro atoms. The molecule has 8 nitrogen and oxygen atoms in total. The highest BCUT2D eigenvalue weighted by atomic mass is 16.5. The Bertz CT molecular complexity index is 567. The van der Waals surface area contributed by atoms with Crippen molar-refractivity contribution in [3.63, 3.8) is 0 Å². The SMILES string of the molecule is CCOC(=O)C(O)c1ccc(NC(=O)CCCCN=[N+]=[N-])cc1. The van der Waals surface area contributed by atoms with Gasteiger partial charge in [-0.1, -0.05) is 17.2 Å². The summed E-state index contributed by atoms with van der Waals surface area (Å²) in [4.78, 5) is 25.8. The van der Waals surface area contributed by atoms with Crippen molar-refractivity contribution in [2.75, 3.05) is 18.5 Å². The highest BCUT2D eigenvalue weighted by Gasteiger charge is 2.18. The van der Waals surface area contributed by atoms with Gasteiger partial charge in [0.05, 0.1) is 6.61 Å². The third-order valence-corrected chi connectivity index (χ3v) is 3.00. The molecule has 1 unspecified atom stereocenters. The number of esters is 1. The third kappa shape index (κ3) is 6.82. The monoisotopic (exact) mass is 320 g/mol. The number of nitrogens with zero attached hydrogens (tertiary/aromatic N) is 3. The first-order valence-electron chi connectivity index (χ1n) is 7.33. The number of carbonyl (C=O) groups is 2. The highest BCUT2D eigenvalue weighted by Crippen LogP contribution is 2.18. The summed E-state index contributed by atoms with van der Waals surface area (Å²) in [6.45, 7) is 2.24. The van der Waals surface area contributed by atoms with E-state index in [1.807, 2.05) is 0 Å². The maximum atomic E-state index is 11.7. The third-order valence-electron chi connectivity index (χ3n) is 3.00. The minimum atomic E-state index is -1.33. The molecule has 0 saturated carbocycles. The summed E-state index contributed by atoms with van der Waals surface area (Å²) in [6.07, 6.45) is 0.279. The van der Waals surface area contributed by atoms with Crippen molar-refractivity contribution < 1.29 is 19.4 Å². The minimum Gasteiger partial charge on any atom is -0.464 e. The van der Waals surface area contributed by atoms with E-state index in [2.05, 4.69) is 15.3 Å². The zero-order valence-electron chi connectivity index (χ0n) is 12.9. The van der Waals surface area contributed by atoms with Crippen molar-refractivity contribution in [2.45, 2.75) is 32.3 Å². The summed E-state index contributed by atoms with van der Waals surface area (Å²) in [5.41, 5.74) is 9.10. The first kappa shape index (κ1) is 18.5. The minimum absolute atomic E-state index is 0.148. The van der Waals surface area contributed by atoms with Crippen LogP contribution in [0.1, 0.15) is 37.9 Å². The Hall–Kier alpha value is -2.57. The molecule has 23 heavy (non-hydrogen) atoms. The number of ether oxygens (including phenoxy) is 1. The standard InChI is InChI=1S/C15H20N4O4/c1-2-23-15(22)14(21)11-6-8-12(9-7-11)18-13(20)5-3-4-10-17-19-16/h6-9,14,21H,2-5,10H2,1H3,(H,18,20).